The Balaban J connectivity index is 1.69. The van der Waals surface area contributed by atoms with Crippen LogP contribution in [0.2, 0.25) is 5.02 Å². The van der Waals surface area contributed by atoms with Crippen molar-refractivity contribution >= 4 is 27.4 Å². The van der Waals surface area contributed by atoms with E-state index in [1.807, 2.05) is 0 Å². The number of ether oxygens (including phenoxy) is 1. The smallest absolute Gasteiger partial charge is 0.339 e. The van der Waals surface area contributed by atoms with Gasteiger partial charge >= 0.3 is 10.1 Å². The van der Waals surface area contributed by atoms with Gasteiger partial charge in [-0.15, -0.1) is 0 Å². The van der Waals surface area contributed by atoms with Crippen molar-refractivity contribution in [3.05, 3.63) is 93.2 Å². The van der Waals surface area contributed by atoms with Gasteiger partial charge in [-0.1, -0.05) is 35.9 Å². The van der Waals surface area contributed by atoms with Gasteiger partial charge in [-0.2, -0.15) is 8.42 Å². The lowest BCUT2D eigenvalue weighted by molar-refractivity contribution is -0.384. The summed E-state index contributed by atoms with van der Waals surface area (Å²) < 4.78 is 48.5. The fraction of sp³-hybridized carbons (Fsp3) is 0.0526. The van der Waals surface area contributed by atoms with E-state index >= 15 is 0 Å². The minimum Gasteiger partial charge on any atom is -0.487 e. The summed E-state index contributed by atoms with van der Waals surface area (Å²) in [5, 5.41) is 10.8. The minimum absolute atomic E-state index is 0.0476. The Morgan fingerprint density at radius 3 is 2.31 bits per heavy atom. The number of hydrogen-bond donors (Lipinski definition) is 0. The van der Waals surface area contributed by atoms with Gasteiger partial charge in [-0.25, -0.2) is 4.39 Å². The highest BCUT2D eigenvalue weighted by Gasteiger charge is 2.18. The first-order valence-corrected chi connectivity index (χ1v) is 9.89. The molecule has 0 bridgehead atoms. The number of para-hydroxylation sites is 1. The van der Waals surface area contributed by atoms with Crippen molar-refractivity contribution in [2.24, 2.45) is 0 Å². The lowest BCUT2D eigenvalue weighted by Crippen LogP contribution is -2.10. The van der Waals surface area contributed by atoms with Crippen LogP contribution < -0.4 is 8.92 Å². The molecule has 0 saturated carbocycles. The fourth-order valence-corrected chi connectivity index (χ4v) is 3.48. The lowest BCUT2D eigenvalue weighted by Gasteiger charge is -2.10. The lowest BCUT2D eigenvalue weighted by atomic mass is 10.2. The zero-order chi connectivity index (χ0) is 21.0. The molecule has 29 heavy (non-hydrogen) atoms. The second-order valence-corrected chi connectivity index (χ2v) is 7.73. The number of non-ortho nitro benzene ring substituents is 1. The summed E-state index contributed by atoms with van der Waals surface area (Å²) in [6.07, 6.45) is 0. The van der Waals surface area contributed by atoms with Gasteiger partial charge in [0.25, 0.3) is 5.69 Å². The Labute approximate surface area is 170 Å². The molecule has 0 atom stereocenters. The molecule has 0 aliphatic heterocycles. The monoisotopic (exact) mass is 437 g/mol. The predicted molar refractivity (Wildman–Crippen MR) is 103 cm³/mol. The van der Waals surface area contributed by atoms with Crippen LogP contribution in [-0.4, -0.2) is 13.3 Å². The molecule has 0 spiro atoms. The number of rotatable bonds is 7. The Kier molecular flexibility index (Phi) is 6.00. The van der Waals surface area contributed by atoms with Crippen LogP contribution in [0.5, 0.6) is 11.5 Å². The van der Waals surface area contributed by atoms with E-state index < -0.39 is 26.6 Å². The van der Waals surface area contributed by atoms with Gasteiger partial charge in [-0.3, -0.25) is 10.1 Å². The average Bonchev–Trinajstić information content (AvgIpc) is 2.69. The molecule has 3 aromatic carbocycles. The summed E-state index contributed by atoms with van der Waals surface area (Å²) in [5.41, 5.74) is 0.455. The molecule has 3 rings (SSSR count). The summed E-state index contributed by atoms with van der Waals surface area (Å²) in [7, 11) is -4.21. The van der Waals surface area contributed by atoms with Gasteiger partial charge in [0.1, 0.15) is 17.3 Å². The zero-order valence-corrected chi connectivity index (χ0v) is 16.2. The predicted octanol–water partition coefficient (Wildman–Crippen LogP) is 4.73. The third kappa shape index (κ3) is 5.01. The van der Waals surface area contributed by atoms with Gasteiger partial charge in [0.2, 0.25) is 0 Å². The second-order valence-electron chi connectivity index (χ2n) is 5.77. The molecule has 150 valence electrons. The van der Waals surface area contributed by atoms with Crippen molar-refractivity contribution < 1.29 is 26.7 Å². The number of nitro benzene ring substituents is 1. The van der Waals surface area contributed by atoms with Crippen molar-refractivity contribution in [1.82, 2.24) is 0 Å². The molecule has 3 aromatic rings. The fourth-order valence-electron chi connectivity index (χ4n) is 2.31. The molecular weight excluding hydrogens is 425 g/mol. The van der Waals surface area contributed by atoms with Gasteiger partial charge in [-0.05, 0) is 35.9 Å². The Morgan fingerprint density at radius 1 is 1.00 bits per heavy atom. The number of halogens is 2. The number of nitro groups is 1. The maximum absolute atomic E-state index is 13.6. The molecule has 0 fully saturated rings. The van der Waals surface area contributed by atoms with Crippen LogP contribution in [0.25, 0.3) is 0 Å². The Bertz CT molecular complexity index is 1150. The number of benzene rings is 3. The van der Waals surface area contributed by atoms with Gasteiger partial charge in [0.15, 0.2) is 11.6 Å². The highest BCUT2D eigenvalue weighted by Crippen LogP contribution is 2.29. The SMILES string of the molecule is O=[N+]([O-])c1ccc(OCc2ccc(S(=O)(=O)Oc3ccccc3F)cc2)c(Cl)c1. The van der Waals surface area contributed by atoms with Crippen LogP contribution >= 0.6 is 11.6 Å². The first-order valence-electron chi connectivity index (χ1n) is 8.11. The quantitative estimate of drug-likeness (QED) is 0.301. The van der Waals surface area contributed by atoms with Crippen molar-refractivity contribution in [2.45, 2.75) is 11.5 Å². The third-order valence-corrected chi connectivity index (χ3v) is 5.31. The molecule has 0 N–H and O–H groups in total. The van der Waals surface area contributed by atoms with Crippen LogP contribution in [0.3, 0.4) is 0 Å². The minimum atomic E-state index is -4.21. The van der Waals surface area contributed by atoms with E-state index in [0.29, 0.717) is 5.56 Å². The molecule has 0 amide bonds. The molecule has 0 heterocycles. The maximum Gasteiger partial charge on any atom is 0.339 e. The standard InChI is InChI=1S/C19H13ClFNO6S/c20-16-11-14(22(23)24)7-10-18(16)27-12-13-5-8-15(9-6-13)29(25,26)28-19-4-2-1-3-17(19)21/h1-11H,12H2. The van der Waals surface area contributed by atoms with Gasteiger partial charge in [0, 0.05) is 12.1 Å². The van der Waals surface area contributed by atoms with E-state index in [9.17, 15) is 22.9 Å². The van der Waals surface area contributed by atoms with Gasteiger partial charge < -0.3 is 8.92 Å². The summed E-state index contributed by atoms with van der Waals surface area (Å²) in [6, 6.07) is 14.6. The van der Waals surface area contributed by atoms with E-state index in [2.05, 4.69) is 0 Å². The van der Waals surface area contributed by atoms with Crippen molar-refractivity contribution in [3.8, 4) is 11.5 Å². The van der Waals surface area contributed by atoms with Crippen LogP contribution in [0.15, 0.2) is 71.6 Å². The molecule has 0 radical (unpaired) electrons. The normalized spacial score (nSPS) is 11.1. The maximum atomic E-state index is 13.6. The zero-order valence-electron chi connectivity index (χ0n) is 14.6. The highest BCUT2D eigenvalue weighted by molar-refractivity contribution is 7.87. The summed E-state index contributed by atoms with van der Waals surface area (Å²) in [4.78, 5) is 9.99. The van der Waals surface area contributed by atoms with Gasteiger partial charge in [0.05, 0.1) is 9.95 Å². The summed E-state index contributed by atoms with van der Waals surface area (Å²) in [6.45, 7) is 0.0476. The average molecular weight is 438 g/mol. The van der Waals surface area contributed by atoms with Crippen LogP contribution in [0.4, 0.5) is 10.1 Å². The number of hydrogen-bond acceptors (Lipinski definition) is 6. The van der Waals surface area contributed by atoms with Crippen LogP contribution in [-0.2, 0) is 16.7 Å². The first-order chi connectivity index (χ1) is 13.8. The van der Waals surface area contributed by atoms with Crippen molar-refractivity contribution in [1.29, 1.82) is 0 Å². The van der Waals surface area contributed by atoms with Crippen LogP contribution in [0.1, 0.15) is 5.56 Å². The van der Waals surface area contributed by atoms with E-state index in [0.717, 1.165) is 6.07 Å². The van der Waals surface area contributed by atoms with Crippen molar-refractivity contribution in [2.75, 3.05) is 0 Å². The highest BCUT2D eigenvalue weighted by atomic mass is 35.5. The van der Waals surface area contributed by atoms with E-state index in [1.165, 1.54) is 60.7 Å². The van der Waals surface area contributed by atoms with Crippen LogP contribution in [0, 0.1) is 15.9 Å². The van der Waals surface area contributed by atoms with E-state index in [4.69, 9.17) is 20.5 Å². The summed E-state index contributed by atoms with van der Waals surface area (Å²) >= 11 is 5.96. The molecule has 0 aliphatic carbocycles. The molecule has 7 nitrogen and oxygen atoms in total. The third-order valence-electron chi connectivity index (χ3n) is 3.77. The molecular formula is C19H13ClFNO6S. The molecule has 0 aromatic heterocycles. The number of nitrogens with zero attached hydrogens (tertiary/aromatic N) is 1. The molecule has 0 aliphatic rings. The van der Waals surface area contributed by atoms with E-state index in [1.54, 1.807) is 0 Å². The van der Waals surface area contributed by atoms with E-state index in [-0.39, 0.29) is 28.0 Å². The molecule has 10 heteroatoms. The molecule has 0 saturated heterocycles. The van der Waals surface area contributed by atoms with Crippen molar-refractivity contribution in [3.63, 3.8) is 0 Å². The largest absolute Gasteiger partial charge is 0.487 e. The Hall–Kier alpha value is -3.17. The topological polar surface area (TPSA) is 95.7 Å². The Morgan fingerprint density at radius 2 is 1.69 bits per heavy atom. The summed E-state index contributed by atoms with van der Waals surface area (Å²) in [5.74, 6) is -0.939. The first kappa shape index (κ1) is 20.6. The second kappa shape index (κ2) is 8.46. The molecule has 0 unspecified atom stereocenters.